The monoisotopic (exact) mass is 252 g/mol. The number of rotatable bonds is 2. The SMILES string of the molecule is CC1CN(CC2CCC(C)O2)C2(CCCC2)CN1. The first-order valence-corrected chi connectivity index (χ1v) is 7.82. The minimum absolute atomic E-state index is 0.460. The van der Waals surface area contributed by atoms with Crippen LogP contribution >= 0.6 is 0 Å². The molecule has 2 saturated heterocycles. The van der Waals surface area contributed by atoms with Gasteiger partial charge in [-0.2, -0.15) is 0 Å². The zero-order valence-electron chi connectivity index (χ0n) is 12.0. The molecule has 1 N–H and O–H groups in total. The van der Waals surface area contributed by atoms with Gasteiger partial charge in [0.1, 0.15) is 0 Å². The zero-order valence-corrected chi connectivity index (χ0v) is 12.0. The molecule has 0 amide bonds. The molecule has 2 aliphatic heterocycles. The Morgan fingerprint density at radius 1 is 1.22 bits per heavy atom. The van der Waals surface area contributed by atoms with Gasteiger partial charge in [0.05, 0.1) is 12.2 Å². The quantitative estimate of drug-likeness (QED) is 0.815. The molecule has 3 unspecified atom stereocenters. The highest BCUT2D eigenvalue weighted by Gasteiger charge is 2.43. The van der Waals surface area contributed by atoms with Crippen molar-refractivity contribution in [3.63, 3.8) is 0 Å². The van der Waals surface area contributed by atoms with Crippen LogP contribution < -0.4 is 5.32 Å². The molecule has 0 aromatic rings. The molecule has 2 heterocycles. The van der Waals surface area contributed by atoms with Crippen molar-refractivity contribution in [2.75, 3.05) is 19.6 Å². The minimum Gasteiger partial charge on any atom is -0.374 e. The van der Waals surface area contributed by atoms with Crippen molar-refractivity contribution >= 4 is 0 Å². The number of ether oxygens (including phenoxy) is 1. The fourth-order valence-electron chi connectivity index (χ4n) is 4.12. The van der Waals surface area contributed by atoms with Crippen molar-refractivity contribution in [3.8, 4) is 0 Å². The number of hydrogen-bond acceptors (Lipinski definition) is 3. The average Bonchev–Trinajstić information content (AvgIpc) is 2.95. The molecule has 18 heavy (non-hydrogen) atoms. The van der Waals surface area contributed by atoms with Gasteiger partial charge in [-0.05, 0) is 39.5 Å². The largest absolute Gasteiger partial charge is 0.374 e. The normalized spacial score (nSPS) is 40.7. The third kappa shape index (κ3) is 2.45. The fourth-order valence-corrected chi connectivity index (χ4v) is 4.12. The molecule has 0 aromatic carbocycles. The number of nitrogens with one attached hydrogen (secondary N) is 1. The molecular weight excluding hydrogens is 224 g/mol. The predicted octanol–water partition coefficient (Wildman–Crippen LogP) is 2.16. The number of nitrogens with zero attached hydrogens (tertiary/aromatic N) is 1. The minimum atomic E-state index is 0.460. The van der Waals surface area contributed by atoms with Crippen LogP contribution in [0.2, 0.25) is 0 Å². The van der Waals surface area contributed by atoms with Gasteiger partial charge in [-0.1, -0.05) is 12.8 Å². The molecule has 1 saturated carbocycles. The summed E-state index contributed by atoms with van der Waals surface area (Å²) in [5.41, 5.74) is 0.460. The molecule has 3 nitrogen and oxygen atoms in total. The molecule has 3 rings (SSSR count). The third-order valence-corrected chi connectivity index (χ3v) is 5.22. The Morgan fingerprint density at radius 3 is 2.67 bits per heavy atom. The van der Waals surface area contributed by atoms with Gasteiger partial charge >= 0.3 is 0 Å². The van der Waals surface area contributed by atoms with Crippen LogP contribution in [0.1, 0.15) is 52.4 Å². The number of hydrogen-bond donors (Lipinski definition) is 1. The van der Waals surface area contributed by atoms with Crippen molar-refractivity contribution in [1.82, 2.24) is 10.2 Å². The van der Waals surface area contributed by atoms with E-state index in [1.807, 2.05) is 0 Å². The lowest BCUT2D eigenvalue weighted by Crippen LogP contribution is -2.64. The van der Waals surface area contributed by atoms with Gasteiger partial charge in [0.2, 0.25) is 0 Å². The lowest BCUT2D eigenvalue weighted by molar-refractivity contribution is -0.0198. The van der Waals surface area contributed by atoms with Gasteiger partial charge in [0.25, 0.3) is 0 Å². The van der Waals surface area contributed by atoms with E-state index < -0.39 is 0 Å². The standard InChI is InChI=1S/C15H28N2O/c1-12-9-17(10-14-6-5-13(2)18-14)15(11-16-12)7-3-4-8-15/h12-14,16H,3-11H2,1-2H3. The fraction of sp³-hybridized carbons (Fsp3) is 1.00. The van der Waals surface area contributed by atoms with Gasteiger partial charge in [0.15, 0.2) is 0 Å². The van der Waals surface area contributed by atoms with Crippen molar-refractivity contribution in [2.24, 2.45) is 0 Å². The van der Waals surface area contributed by atoms with Crippen LogP contribution in [0.25, 0.3) is 0 Å². The highest BCUT2D eigenvalue weighted by molar-refractivity contribution is 5.01. The van der Waals surface area contributed by atoms with Crippen molar-refractivity contribution in [3.05, 3.63) is 0 Å². The van der Waals surface area contributed by atoms with Crippen LogP contribution in [-0.4, -0.2) is 48.3 Å². The second-order valence-corrected chi connectivity index (χ2v) is 6.76. The zero-order chi connectivity index (χ0) is 12.6. The van der Waals surface area contributed by atoms with E-state index in [0.717, 1.165) is 6.54 Å². The lowest BCUT2D eigenvalue weighted by Gasteiger charge is -2.48. The van der Waals surface area contributed by atoms with Gasteiger partial charge < -0.3 is 10.1 Å². The highest BCUT2D eigenvalue weighted by Crippen LogP contribution is 2.37. The molecule has 0 bridgehead atoms. The molecule has 1 spiro atoms. The molecule has 0 radical (unpaired) electrons. The van der Waals surface area contributed by atoms with E-state index in [9.17, 15) is 0 Å². The summed E-state index contributed by atoms with van der Waals surface area (Å²) in [7, 11) is 0. The van der Waals surface area contributed by atoms with Gasteiger partial charge in [0, 0.05) is 31.2 Å². The molecule has 3 atom stereocenters. The molecular formula is C15H28N2O. The van der Waals surface area contributed by atoms with Crippen molar-refractivity contribution < 1.29 is 4.74 Å². The van der Waals surface area contributed by atoms with E-state index in [4.69, 9.17) is 4.74 Å². The van der Waals surface area contributed by atoms with E-state index in [0.29, 0.717) is 23.8 Å². The average molecular weight is 252 g/mol. The highest BCUT2D eigenvalue weighted by atomic mass is 16.5. The van der Waals surface area contributed by atoms with E-state index in [1.54, 1.807) is 0 Å². The Hall–Kier alpha value is -0.120. The second-order valence-electron chi connectivity index (χ2n) is 6.76. The Bertz CT molecular complexity index is 288. The summed E-state index contributed by atoms with van der Waals surface area (Å²) in [4.78, 5) is 2.77. The maximum atomic E-state index is 6.04. The second kappa shape index (κ2) is 5.10. The van der Waals surface area contributed by atoms with Crippen LogP contribution in [0, 0.1) is 0 Å². The molecule has 1 aliphatic carbocycles. The Labute approximate surface area is 111 Å². The Morgan fingerprint density at radius 2 is 2.00 bits per heavy atom. The van der Waals surface area contributed by atoms with E-state index >= 15 is 0 Å². The molecule has 3 fully saturated rings. The van der Waals surface area contributed by atoms with Gasteiger partial charge in [-0.15, -0.1) is 0 Å². The van der Waals surface area contributed by atoms with E-state index in [2.05, 4.69) is 24.1 Å². The molecule has 104 valence electrons. The topological polar surface area (TPSA) is 24.5 Å². The smallest absolute Gasteiger partial charge is 0.0706 e. The first-order valence-electron chi connectivity index (χ1n) is 7.82. The first kappa shape index (κ1) is 12.9. The third-order valence-electron chi connectivity index (χ3n) is 5.22. The van der Waals surface area contributed by atoms with Crippen molar-refractivity contribution in [1.29, 1.82) is 0 Å². The lowest BCUT2D eigenvalue weighted by atomic mass is 9.90. The van der Waals surface area contributed by atoms with Crippen molar-refractivity contribution in [2.45, 2.75) is 76.2 Å². The summed E-state index contributed by atoms with van der Waals surface area (Å²) >= 11 is 0. The maximum Gasteiger partial charge on any atom is 0.0706 e. The summed E-state index contributed by atoms with van der Waals surface area (Å²) in [5.74, 6) is 0. The Balaban J connectivity index is 1.66. The van der Waals surface area contributed by atoms with Crippen LogP contribution in [0.3, 0.4) is 0 Å². The molecule has 0 aromatic heterocycles. The van der Waals surface area contributed by atoms with Crippen LogP contribution in [0.4, 0.5) is 0 Å². The summed E-state index contributed by atoms with van der Waals surface area (Å²) in [6.07, 6.45) is 9.07. The van der Waals surface area contributed by atoms with Crippen LogP contribution in [-0.2, 0) is 4.74 Å². The van der Waals surface area contributed by atoms with E-state index in [1.165, 1.54) is 51.6 Å². The van der Waals surface area contributed by atoms with E-state index in [-0.39, 0.29) is 0 Å². The van der Waals surface area contributed by atoms with Gasteiger partial charge in [-0.3, -0.25) is 4.90 Å². The molecule has 3 heteroatoms. The Kier molecular flexibility index (Phi) is 3.65. The maximum absolute atomic E-state index is 6.04. The first-order chi connectivity index (χ1) is 8.68. The summed E-state index contributed by atoms with van der Waals surface area (Å²) in [6, 6.07) is 0.634. The van der Waals surface area contributed by atoms with Crippen LogP contribution in [0.15, 0.2) is 0 Å². The molecule has 3 aliphatic rings. The number of piperazine rings is 1. The van der Waals surface area contributed by atoms with Crippen LogP contribution in [0.5, 0.6) is 0 Å². The summed E-state index contributed by atoms with van der Waals surface area (Å²) < 4.78 is 6.04. The summed E-state index contributed by atoms with van der Waals surface area (Å²) in [6.45, 7) is 8.08. The predicted molar refractivity (Wildman–Crippen MR) is 73.8 cm³/mol. The summed E-state index contributed by atoms with van der Waals surface area (Å²) in [5, 5.41) is 3.70. The van der Waals surface area contributed by atoms with Gasteiger partial charge in [-0.25, -0.2) is 0 Å².